The Morgan fingerprint density at radius 3 is 2.82 bits per heavy atom. The van der Waals surface area contributed by atoms with Gasteiger partial charge >= 0.3 is 0 Å². The first-order valence-corrected chi connectivity index (χ1v) is 7.79. The molecule has 1 aromatic rings. The van der Waals surface area contributed by atoms with Gasteiger partial charge in [-0.2, -0.15) is 0 Å². The molecule has 0 aromatic heterocycles. The third kappa shape index (κ3) is 4.99. The number of nitrogens with zero attached hydrogens (tertiary/aromatic N) is 1. The van der Waals surface area contributed by atoms with Crippen LogP contribution in [-0.4, -0.2) is 27.7 Å². The Kier molecular flexibility index (Phi) is 5.83. The van der Waals surface area contributed by atoms with Gasteiger partial charge in [0.2, 0.25) is 0 Å². The van der Waals surface area contributed by atoms with E-state index in [1.54, 1.807) is 12.3 Å². The first kappa shape index (κ1) is 14.4. The maximum Gasteiger partial charge on any atom is 0.293 e. The third-order valence-corrected chi connectivity index (χ3v) is 3.62. The molecule has 1 N–H and O–H groups in total. The van der Waals surface area contributed by atoms with Gasteiger partial charge in [0.05, 0.1) is 4.92 Å². The molecule has 0 radical (unpaired) electrons. The van der Waals surface area contributed by atoms with Crippen molar-refractivity contribution < 1.29 is 9.13 Å². The normalized spacial score (nSPS) is 12.1. The van der Waals surface area contributed by atoms with E-state index in [9.17, 15) is 14.3 Å². The van der Waals surface area contributed by atoms with E-state index in [1.165, 1.54) is 6.07 Å². The summed E-state index contributed by atoms with van der Waals surface area (Å²) >= 11 is 2.04. The Morgan fingerprint density at radius 1 is 1.53 bits per heavy atom. The van der Waals surface area contributed by atoms with Crippen molar-refractivity contribution in [2.45, 2.75) is 6.42 Å². The second-order valence-electron chi connectivity index (χ2n) is 3.48. The zero-order valence-corrected chi connectivity index (χ0v) is 12.3. The molecular weight excluding hydrogens is 355 g/mol. The lowest BCUT2D eigenvalue weighted by atomic mass is 10.2. The Labute approximate surface area is 116 Å². The molecule has 1 aromatic carbocycles. The molecule has 0 spiro atoms. The fourth-order valence-electron chi connectivity index (χ4n) is 1.30. The van der Waals surface area contributed by atoms with Crippen LogP contribution in [0.4, 0.5) is 11.4 Å². The summed E-state index contributed by atoms with van der Waals surface area (Å²) in [6.45, 7) is 0.584. The number of anilines is 1. The molecule has 1 unspecified atom stereocenters. The van der Waals surface area contributed by atoms with Crippen LogP contribution in [0.1, 0.15) is 6.42 Å². The third-order valence-electron chi connectivity index (χ3n) is 2.08. The van der Waals surface area contributed by atoms with Crippen LogP contribution >= 0.6 is 22.6 Å². The van der Waals surface area contributed by atoms with Crippen molar-refractivity contribution in [2.24, 2.45) is 0 Å². The average Bonchev–Trinajstić information content (AvgIpc) is 2.25. The molecule has 1 atom stereocenters. The van der Waals surface area contributed by atoms with Crippen molar-refractivity contribution in [3.8, 4) is 0 Å². The summed E-state index contributed by atoms with van der Waals surface area (Å²) in [7, 11) is -0.816. The van der Waals surface area contributed by atoms with Gasteiger partial charge in [-0.1, -0.05) is 0 Å². The number of nitrogens with one attached hydrogen (secondary N) is 1. The molecule has 94 valence electrons. The molecule has 0 bridgehead atoms. The molecule has 0 heterocycles. The zero-order valence-electron chi connectivity index (χ0n) is 9.31. The molecule has 0 saturated heterocycles. The van der Waals surface area contributed by atoms with E-state index >= 15 is 0 Å². The molecule has 0 amide bonds. The molecule has 0 aliphatic heterocycles. The summed E-state index contributed by atoms with van der Waals surface area (Å²) in [5.74, 6) is 0.602. The minimum atomic E-state index is -0.816. The molecule has 0 aliphatic carbocycles. The van der Waals surface area contributed by atoms with Gasteiger partial charge < -0.3 is 5.32 Å². The molecule has 5 nitrogen and oxygen atoms in total. The lowest BCUT2D eigenvalue weighted by molar-refractivity contribution is -0.384. The summed E-state index contributed by atoms with van der Waals surface area (Å²) in [5.41, 5.74) is 0.590. The molecule has 1 rings (SSSR count). The van der Waals surface area contributed by atoms with Crippen molar-refractivity contribution in [1.82, 2.24) is 0 Å². The Hall–Kier alpha value is -0.700. The number of halogens is 1. The number of rotatable bonds is 6. The Balaban J connectivity index is 2.64. The number of benzene rings is 1. The second-order valence-corrected chi connectivity index (χ2v) is 6.28. The summed E-state index contributed by atoms with van der Waals surface area (Å²) in [6, 6.07) is 5.04. The van der Waals surface area contributed by atoms with Crippen LogP contribution in [0.5, 0.6) is 0 Å². The maximum atomic E-state index is 10.8. The van der Waals surface area contributed by atoms with Crippen molar-refractivity contribution in [1.29, 1.82) is 0 Å². The molecule has 0 fully saturated rings. The predicted molar refractivity (Wildman–Crippen MR) is 77.9 cm³/mol. The van der Waals surface area contributed by atoms with Gasteiger partial charge in [0, 0.05) is 39.0 Å². The fraction of sp³-hybridized carbons (Fsp3) is 0.400. The van der Waals surface area contributed by atoms with E-state index in [2.05, 4.69) is 5.32 Å². The molecular formula is C10H13IN2O3S. The van der Waals surface area contributed by atoms with Crippen molar-refractivity contribution in [2.75, 3.05) is 23.9 Å². The summed E-state index contributed by atoms with van der Waals surface area (Å²) in [6.07, 6.45) is 2.37. The van der Waals surface area contributed by atoms with Crippen LogP contribution in [0.2, 0.25) is 0 Å². The molecule has 0 saturated carbocycles. The molecule has 7 heteroatoms. The quantitative estimate of drug-likeness (QED) is 0.362. The van der Waals surface area contributed by atoms with E-state index in [-0.39, 0.29) is 5.69 Å². The highest BCUT2D eigenvalue weighted by Crippen LogP contribution is 2.26. The Bertz CT molecular complexity index is 440. The highest BCUT2D eigenvalue weighted by Gasteiger charge is 2.13. The summed E-state index contributed by atoms with van der Waals surface area (Å²) in [4.78, 5) is 10.4. The van der Waals surface area contributed by atoms with Gasteiger partial charge in [-0.05, 0) is 41.1 Å². The van der Waals surface area contributed by atoms with Crippen LogP contribution in [0, 0.1) is 13.7 Å². The van der Waals surface area contributed by atoms with Gasteiger partial charge in [0.25, 0.3) is 5.69 Å². The summed E-state index contributed by atoms with van der Waals surface area (Å²) < 4.78 is 11.7. The van der Waals surface area contributed by atoms with Crippen LogP contribution in [-0.2, 0) is 10.8 Å². The van der Waals surface area contributed by atoms with Crippen LogP contribution in [0.25, 0.3) is 0 Å². The smallest absolute Gasteiger partial charge is 0.293 e. The lowest BCUT2D eigenvalue weighted by Crippen LogP contribution is -2.07. The first-order valence-electron chi connectivity index (χ1n) is 4.98. The minimum Gasteiger partial charge on any atom is -0.379 e. The van der Waals surface area contributed by atoms with E-state index in [1.807, 2.05) is 28.7 Å². The maximum absolute atomic E-state index is 10.8. The number of nitro benzene ring substituents is 1. The highest BCUT2D eigenvalue weighted by atomic mass is 127. The Morgan fingerprint density at radius 2 is 2.24 bits per heavy atom. The largest absolute Gasteiger partial charge is 0.379 e. The average molecular weight is 368 g/mol. The summed E-state index contributed by atoms with van der Waals surface area (Å²) in [5, 5.41) is 13.8. The van der Waals surface area contributed by atoms with Crippen LogP contribution < -0.4 is 5.32 Å². The van der Waals surface area contributed by atoms with Crippen molar-refractivity contribution >= 4 is 44.8 Å². The highest BCUT2D eigenvalue weighted by molar-refractivity contribution is 14.1. The van der Waals surface area contributed by atoms with E-state index < -0.39 is 15.7 Å². The zero-order chi connectivity index (χ0) is 12.8. The fourth-order valence-corrected chi connectivity index (χ4v) is 2.33. The van der Waals surface area contributed by atoms with Gasteiger partial charge in [-0.3, -0.25) is 14.3 Å². The predicted octanol–water partition coefficient (Wildman–Crippen LogP) is 2.38. The van der Waals surface area contributed by atoms with Gasteiger partial charge in [-0.25, -0.2) is 0 Å². The topological polar surface area (TPSA) is 72.2 Å². The number of hydrogen-bond donors (Lipinski definition) is 1. The van der Waals surface area contributed by atoms with Gasteiger partial charge in [0.1, 0.15) is 5.69 Å². The SMILES string of the molecule is CS(=O)CCCNc1ccc(I)cc1[N+](=O)[O-]. The van der Waals surface area contributed by atoms with Crippen molar-refractivity contribution in [3.05, 3.63) is 31.9 Å². The van der Waals surface area contributed by atoms with Gasteiger partial charge in [0.15, 0.2) is 0 Å². The van der Waals surface area contributed by atoms with Crippen LogP contribution in [0.15, 0.2) is 18.2 Å². The molecule has 0 aliphatic rings. The van der Waals surface area contributed by atoms with Gasteiger partial charge in [-0.15, -0.1) is 0 Å². The number of nitro groups is 1. The monoisotopic (exact) mass is 368 g/mol. The van der Waals surface area contributed by atoms with Crippen molar-refractivity contribution in [3.63, 3.8) is 0 Å². The second kappa shape index (κ2) is 6.90. The van der Waals surface area contributed by atoms with E-state index in [4.69, 9.17) is 0 Å². The van der Waals surface area contributed by atoms with E-state index in [0.29, 0.717) is 18.0 Å². The standard InChI is InChI=1S/C10H13IN2O3S/c1-17(16)6-2-5-12-9-4-3-8(11)7-10(9)13(14)15/h3-4,7,12H,2,5-6H2,1H3. The van der Waals surface area contributed by atoms with E-state index in [0.717, 1.165) is 9.99 Å². The van der Waals surface area contributed by atoms with Crippen LogP contribution in [0.3, 0.4) is 0 Å². The number of hydrogen-bond acceptors (Lipinski definition) is 4. The lowest BCUT2D eigenvalue weighted by Gasteiger charge is -2.06. The first-order chi connectivity index (χ1) is 8.00. The molecule has 17 heavy (non-hydrogen) atoms. The minimum absolute atomic E-state index is 0.0783.